The molecular formula is C15H18ClN3OS. The standard InChI is InChI=1S/C15H18ClN3OS/c16-11-4-5-12-13(8-11)21-15(18-12)19-14(20)6-3-10-2-1-7-17-9-10/h4-5,8,10,17H,1-3,6-7,9H2,(H,18,19,20). The average Bonchev–Trinajstić information content (AvgIpc) is 2.87. The molecule has 1 amide bonds. The van der Waals surface area contributed by atoms with Gasteiger partial charge in [0.2, 0.25) is 5.91 Å². The van der Waals surface area contributed by atoms with Gasteiger partial charge in [0.15, 0.2) is 5.13 Å². The number of nitrogens with one attached hydrogen (secondary N) is 2. The molecule has 21 heavy (non-hydrogen) atoms. The average molecular weight is 324 g/mol. The zero-order valence-corrected chi connectivity index (χ0v) is 13.3. The largest absolute Gasteiger partial charge is 0.316 e. The Morgan fingerprint density at radius 3 is 3.24 bits per heavy atom. The quantitative estimate of drug-likeness (QED) is 0.902. The number of amides is 1. The first kappa shape index (κ1) is 14.8. The van der Waals surface area contributed by atoms with Crippen molar-refractivity contribution in [3.63, 3.8) is 0 Å². The first-order valence-electron chi connectivity index (χ1n) is 7.27. The second kappa shape index (κ2) is 6.73. The molecule has 4 nitrogen and oxygen atoms in total. The lowest BCUT2D eigenvalue weighted by Crippen LogP contribution is -2.30. The van der Waals surface area contributed by atoms with Crippen molar-refractivity contribution >= 4 is 44.2 Å². The van der Waals surface area contributed by atoms with Crippen LogP contribution in [0.3, 0.4) is 0 Å². The molecule has 1 unspecified atom stereocenters. The second-order valence-corrected chi connectivity index (χ2v) is 6.90. The van der Waals surface area contributed by atoms with Crippen LogP contribution in [0.5, 0.6) is 0 Å². The Balaban J connectivity index is 1.55. The number of hydrogen-bond donors (Lipinski definition) is 2. The third-order valence-corrected chi connectivity index (χ3v) is 4.94. The lowest BCUT2D eigenvalue weighted by molar-refractivity contribution is -0.116. The maximum absolute atomic E-state index is 12.0. The third-order valence-electron chi connectivity index (χ3n) is 3.78. The molecule has 1 aromatic heterocycles. The molecule has 0 aliphatic carbocycles. The van der Waals surface area contributed by atoms with Crippen LogP contribution in [-0.2, 0) is 4.79 Å². The summed E-state index contributed by atoms with van der Waals surface area (Å²) >= 11 is 7.42. The van der Waals surface area contributed by atoms with E-state index in [9.17, 15) is 4.79 Å². The second-order valence-electron chi connectivity index (χ2n) is 5.43. The van der Waals surface area contributed by atoms with Crippen molar-refractivity contribution < 1.29 is 4.79 Å². The number of thiazole rings is 1. The van der Waals surface area contributed by atoms with Gasteiger partial charge in [0, 0.05) is 11.4 Å². The zero-order valence-electron chi connectivity index (χ0n) is 11.7. The van der Waals surface area contributed by atoms with E-state index in [-0.39, 0.29) is 5.91 Å². The Morgan fingerprint density at radius 1 is 1.52 bits per heavy atom. The number of carbonyl (C=O) groups excluding carboxylic acids is 1. The minimum absolute atomic E-state index is 0.0470. The number of halogens is 1. The van der Waals surface area contributed by atoms with Crippen LogP contribution in [0.4, 0.5) is 5.13 Å². The monoisotopic (exact) mass is 323 g/mol. The summed E-state index contributed by atoms with van der Waals surface area (Å²) in [6.45, 7) is 2.14. The normalized spacial score (nSPS) is 18.8. The summed E-state index contributed by atoms with van der Waals surface area (Å²) in [5.41, 5.74) is 0.871. The summed E-state index contributed by atoms with van der Waals surface area (Å²) in [7, 11) is 0. The molecule has 2 N–H and O–H groups in total. The molecule has 3 rings (SSSR count). The van der Waals surface area contributed by atoms with Crippen molar-refractivity contribution in [3.05, 3.63) is 23.2 Å². The van der Waals surface area contributed by atoms with E-state index in [0.717, 1.165) is 29.7 Å². The maximum atomic E-state index is 12.0. The topological polar surface area (TPSA) is 54.0 Å². The van der Waals surface area contributed by atoms with Gasteiger partial charge in [-0.3, -0.25) is 4.79 Å². The van der Waals surface area contributed by atoms with E-state index >= 15 is 0 Å². The number of hydrogen-bond acceptors (Lipinski definition) is 4. The number of carbonyl (C=O) groups is 1. The maximum Gasteiger partial charge on any atom is 0.226 e. The molecule has 112 valence electrons. The highest BCUT2D eigenvalue weighted by molar-refractivity contribution is 7.22. The van der Waals surface area contributed by atoms with Crippen molar-refractivity contribution in [2.24, 2.45) is 5.92 Å². The molecular weight excluding hydrogens is 306 g/mol. The van der Waals surface area contributed by atoms with Crippen molar-refractivity contribution in [3.8, 4) is 0 Å². The fourth-order valence-corrected chi connectivity index (χ4v) is 3.80. The molecule has 1 aromatic carbocycles. The van der Waals surface area contributed by atoms with E-state index in [0.29, 0.717) is 22.5 Å². The molecule has 6 heteroatoms. The molecule has 0 saturated carbocycles. The zero-order chi connectivity index (χ0) is 14.7. The molecule has 1 aliphatic rings. The number of rotatable bonds is 4. The van der Waals surface area contributed by atoms with E-state index in [1.807, 2.05) is 18.2 Å². The molecule has 1 saturated heterocycles. The van der Waals surface area contributed by atoms with Crippen LogP contribution in [0.15, 0.2) is 18.2 Å². The number of nitrogens with zero attached hydrogens (tertiary/aromatic N) is 1. The van der Waals surface area contributed by atoms with Crippen LogP contribution in [0.2, 0.25) is 5.02 Å². The fraction of sp³-hybridized carbons (Fsp3) is 0.467. The number of aromatic nitrogens is 1. The molecule has 1 atom stereocenters. The fourth-order valence-electron chi connectivity index (χ4n) is 2.64. The van der Waals surface area contributed by atoms with E-state index < -0.39 is 0 Å². The number of piperidine rings is 1. The van der Waals surface area contributed by atoms with Crippen molar-refractivity contribution in [2.75, 3.05) is 18.4 Å². The van der Waals surface area contributed by atoms with Crippen molar-refractivity contribution in [1.82, 2.24) is 10.3 Å². The van der Waals surface area contributed by atoms with E-state index in [4.69, 9.17) is 11.6 Å². The summed E-state index contributed by atoms with van der Waals surface area (Å²) in [5.74, 6) is 0.671. The van der Waals surface area contributed by atoms with Gasteiger partial charge in [-0.05, 0) is 56.5 Å². The molecule has 1 fully saturated rings. The lowest BCUT2D eigenvalue weighted by atomic mass is 9.94. The van der Waals surface area contributed by atoms with Gasteiger partial charge in [-0.25, -0.2) is 4.98 Å². The Hall–Kier alpha value is -1.17. The molecule has 2 heterocycles. The summed E-state index contributed by atoms with van der Waals surface area (Å²) in [6.07, 6.45) is 3.93. The van der Waals surface area contributed by atoms with Gasteiger partial charge < -0.3 is 10.6 Å². The first-order valence-corrected chi connectivity index (χ1v) is 8.47. The highest BCUT2D eigenvalue weighted by Crippen LogP contribution is 2.28. The van der Waals surface area contributed by atoms with E-state index in [2.05, 4.69) is 15.6 Å². The molecule has 0 spiro atoms. The molecule has 0 radical (unpaired) electrons. The summed E-state index contributed by atoms with van der Waals surface area (Å²) in [4.78, 5) is 16.4. The summed E-state index contributed by atoms with van der Waals surface area (Å²) in [6, 6.07) is 5.56. The predicted molar refractivity (Wildman–Crippen MR) is 88.1 cm³/mol. The molecule has 1 aliphatic heterocycles. The van der Waals surface area contributed by atoms with Crippen LogP contribution in [0.1, 0.15) is 25.7 Å². The predicted octanol–water partition coefficient (Wildman–Crippen LogP) is 3.67. The highest BCUT2D eigenvalue weighted by atomic mass is 35.5. The summed E-state index contributed by atoms with van der Waals surface area (Å²) in [5, 5.41) is 7.61. The SMILES string of the molecule is O=C(CCC1CCCNC1)Nc1nc2ccc(Cl)cc2s1. The Kier molecular flexibility index (Phi) is 4.73. The minimum Gasteiger partial charge on any atom is -0.316 e. The van der Waals surface area contributed by atoms with Crippen LogP contribution in [-0.4, -0.2) is 24.0 Å². The van der Waals surface area contributed by atoms with Gasteiger partial charge in [0.25, 0.3) is 0 Å². The van der Waals surface area contributed by atoms with Gasteiger partial charge in [0.05, 0.1) is 10.2 Å². The van der Waals surface area contributed by atoms with E-state index in [1.165, 1.54) is 24.2 Å². The van der Waals surface area contributed by atoms with Crippen LogP contribution >= 0.6 is 22.9 Å². The molecule has 2 aromatic rings. The third kappa shape index (κ3) is 3.93. The molecule has 0 bridgehead atoms. The minimum atomic E-state index is 0.0470. The van der Waals surface area contributed by atoms with Gasteiger partial charge >= 0.3 is 0 Å². The van der Waals surface area contributed by atoms with Gasteiger partial charge in [-0.1, -0.05) is 22.9 Å². The smallest absolute Gasteiger partial charge is 0.226 e. The van der Waals surface area contributed by atoms with E-state index in [1.54, 1.807) is 0 Å². The Labute approximate surface area is 132 Å². The highest BCUT2D eigenvalue weighted by Gasteiger charge is 2.15. The number of fused-ring (bicyclic) bond motifs is 1. The van der Waals surface area contributed by atoms with Gasteiger partial charge in [-0.2, -0.15) is 0 Å². The Morgan fingerprint density at radius 2 is 2.43 bits per heavy atom. The number of benzene rings is 1. The number of anilines is 1. The first-order chi connectivity index (χ1) is 10.2. The van der Waals surface area contributed by atoms with Crippen LogP contribution in [0, 0.1) is 5.92 Å². The summed E-state index contributed by atoms with van der Waals surface area (Å²) < 4.78 is 0.995. The lowest BCUT2D eigenvalue weighted by Gasteiger charge is -2.22. The van der Waals surface area contributed by atoms with Gasteiger partial charge in [-0.15, -0.1) is 0 Å². The van der Waals surface area contributed by atoms with Gasteiger partial charge in [0.1, 0.15) is 0 Å². The van der Waals surface area contributed by atoms with Crippen LogP contribution in [0.25, 0.3) is 10.2 Å². The van der Waals surface area contributed by atoms with Crippen molar-refractivity contribution in [1.29, 1.82) is 0 Å². The Bertz CT molecular complexity index is 637. The van der Waals surface area contributed by atoms with Crippen LogP contribution < -0.4 is 10.6 Å². The van der Waals surface area contributed by atoms with Crippen molar-refractivity contribution in [2.45, 2.75) is 25.7 Å².